The zero-order valence-electron chi connectivity index (χ0n) is 11.0. The van der Waals surface area contributed by atoms with Gasteiger partial charge < -0.3 is 10.8 Å². The third-order valence-electron chi connectivity index (χ3n) is 3.47. The summed E-state index contributed by atoms with van der Waals surface area (Å²) >= 11 is 0. The minimum atomic E-state index is -3.54. The van der Waals surface area contributed by atoms with Gasteiger partial charge in [0.25, 0.3) is 0 Å². The lowest BCUT2D eigenvalue weighted by Crippen LogP contribution is -2.42. The summed E-state index contributed by atoms with van der Waals surface area (Å²) in [6.45, 7) is 2.72. The van der Waals surface area contributed by atoms with Crippen molar-refractivity contribution in [1.82, 2.24) is 4.31 Å². The molecule has 2 rings (SSSR count). The number of β-amino-alcohol motifs (C(OH)–C–C–N with tert-alkyl or cyclic N) is 1. The number of aliphatic hydroxyl groups is 1. The fourth-order valence-electron chi connectivity index (χ4n) is 2.33. The Balaban J connectivity index is 2.38. The van der Waals surface area contributed by atoms with Crippen molar-refractivity contribution in [1.29, 1.82) is 0 Å². The molecule has 0 saturated carbocycles. The average molecular weight is 284 g/mol. The maximum atomic E-state index is 12.6. The van der Waals surface area contributed by atoms with Gasteiger partial charge in [-0.3, -0.25) is 0 Å². The monoisotopic (exact) mass is 284 g/mol. The van der Waals surface area contributed by atoms with Gasteiger partial charge in [-0.25, -0.2) is 8.42 Å². The van der Waals surface area contributed by atoms with Crippen molar-refractivity contribution in [3.05, 3.63) is 29.3 Å². The van der Waals surface area contributed by atoms with Crippen molar-refractivity contribution in [2.45, 2.75) is 37.3 Å². The summed E-state index contributed by atoms with van der Waals surface area (Å²) in [6, 6.07) is 5.24. The molecule has 0 aromatic heterocycles. The van der Waals surface area contributed by atoms with E-state index in [9.17, 15) is 13.5 Å². The van der Waals surface area contributed by atoms with E-state index in [2.05, 4.69) is 0 Å². The van der Waals surface area contributed by atoms with E-state index in [0.29, 0.717) is 36.4 Å². The van der Waals surface area contributed by atoms with Crippen LogP contribution in [0.3, 0.4) is 0 Å². The van der Waals surface area contributed by atoms with Crippen LogP contribution in [0.25, 0.3) is 0 Å². The van der Waals surface area contributed by atoms with Crippen molar-refractivity contribution >= 4 is 10.0 Å². The molecule has 1 aliphatic rings. The largest absolute Gasteiger partial charge is 0.392 e. The number of nitrogens with two attached hydrogens (primary N) is 1. The van der Waals surface area contributed by atoms with E-state index in [4.69, 9.17) is 5.73 Å². The molecule has 1 heterocycles. The molecule has 1 aromatic carbocycles. The molecule has 0 aliphatic carbocycles. The molecule has 0 spiro atoms. The molecule has 0 bridgehead atoms. The Morgan fingerprint density at radius 1 is 1.47 bits per heavy atom. The second-order valence-electron chi connectivity index (χ2n) is 4.96. The van der Waals surface area contributed by atoms with E-state index in [1.54, 1.807) is 19.1 Å². The van der Waals surface area contributed by atoms with E-state index >= 15 is 0 Å². The quantitative estimate of drug-likeness (QED) is 0.851. The number of hydrogen-bond donors (Lipinski definition) is 2. The van der Waals surface area contributed by atoms with Crippen molar-refractivity contribution in [2.75, 3.05) is 13.1 Å². The van der Waals surface area contributed by atoms with Gasteiger partial charge in [-0.05, 0) is 37.0 Å². The number of piperidine rings is 1. The highest BCUT2D eigenvalue weighted by molar-refractivity contribution is 7.89. The maximum Gasteiger partial charge on any atom is 0.243 e. The second-order valence-corrected chi connectivity index (χ2v) is 6.87. The molecule has 1 saturated heterocycles. The summed E-state index contributed by atoms with van der Waals surface area (Å²) in [5.74, 6) is 0. The Hall–Kier alpha value is -0.950. The lowest BCUT2D eigenvalue weighted by Gasteiger charge is -2.29. The molecule has 1 unspecified atom stereocenters. The topological polar surface area (TPSA) is 83.6 Å². The molecular weight excluding hydrogens is 264 g/mol. The van der Waals surface area contributed by atoms with Gasteiger partial charge in [0.1, 0.15) is 0 Å². The SMILES string of the molecule is Cc1ccc(CN)cc1S(=O)(=O)N1CCCC(O)C1. The van der Waals surface area contributed by atoms with Crippen LogP contribution < -0.4 is 5.73 Å². The van der Waals surface area contributed by atoms with E-state index in [1.165, 1.54) is 4.31 Å². The standard InChI is InChI=1S/C13H20N2O3S/c1-10-4-5-11(8-14)7-13(10)19(17,18)15-6-2-3-12(16)9-15/h4-5,7,12,16H,2-3,6,8-9,14H2,1H3. The lowest BCUT2D eigenvalue weighted by molar-refractivity contribution is 0.108. The normalized spacial score (nSPS) is 21.5. The summed E-state index contributed by atoms with van der Waals surface area (Å²) in [7, 11) is -3.54. The molecule has 1 aromatic rings. The fraction of sp³-hybridized carbons (Fsp3) is 0.538. The summed E-state index contributed by atoms with van der Waals surface area (Å²) in [6.07, 6.45) is 0.783. The predicted octanol–water partition coefficient (Wildman–Crippen LogP) is 0.599. The van der Waals surface area contributed by atoms with Crippen LogP contribution in [0.15, 0.2) is 23.1 Å². The number of benzene rings is 1. The third-order valence-corrected chi connectivity index (χ3v) is 5.47. The number of aryl methyl sites for hydroxylation is 1. The number of aliphatic hydroxyl groups excluding tert-OH is 1. The van der Waals surface area contributed by atoms with Crippen LogP contribution in [0.2, 0.25) is 0 Å². The fourth-order valence-corrected chi connectivity index (χ4v) is 4.12. The molecule has 1 aliphatic heterocycles. The molecule has 19 heavy (non-hydrogen) atoms. The van der Waals surface area contributed by atoms with Gasteiger partial charge in [0.05, 0.1) is 11.0 Å². The van der Waals surface area contributed by atoms with Gasteiger partial charge >= 0.3 is 0 Å². The first kappa shape index (κ1) is 14.5. The van der Waals surface area contributed by atoms with Gasteiger partial charge in [0.15, 0.2) is 0 Å². The molecule has 0 amide bonds. The zero-order valence-corrected chi connectivity index (χ0v) is 11.9. The number of nitrogens with zero attached hydrogens (tertiary/aromatic N) is 1. The maximum absolute atomic E-state index is 12.6. The van der Waals surface area contributed by atoms with Crippen molar-refractivity contribution in [3.8, 4) is 0 Å². The van der Waals surface area contributed by atoms with Crippen LogP contribution >= 0.6 is 0 Å². The van der Waals surface area contributed by atoms with Crippen LogP contribution in [-0.4, -0.2) is 37.0 Å². The highest BCUT2D eigenvalue weighted by Crippen LogP contribution is 2.24. The Kier molecular flexibility index (Phi) is 4.25. The van der Waals surface area contributed by atoms with Gasteiger partial charge in [0.2, 0.25) is 10.0 Å². The minimum Gasteiger partial charge on any atom is -0.392 e. The first-order valence-corrected chi connectivity index (χ1v) is 7.87. The van der Waals surface area contributed by atoms with Gasteiger partial charge in [-0.15, -0.1) is 0 Å². The first-order valence-electron chi connectivity index (χ1n) is 6.43. The van der Waals surface area contributed by atoms with Crippen LogP contribution in [0, 0.1) is 6.92 Å². The van der Waals surface area contributed by atoms with Gasteiger partial charge in [-0.1, -0.05) is 12.1 Å². The second kappa shape index (κ2) is 5.58. The molecule has 106 valence electrons. The minimum absolute atomic E-state index is 0.175. The molecule has 6 heteroatoms. The molecule has 1 atom stereocenters. The number of sulfonamides is 1. The van der Waals surface area contributed by atoms with E-state index in [-0.39, 0.29) is 6.54 Å². The molecular formula is C13H20N2O3S. The van der Waals surface area contributed by atoms with E-state index in [1.807, 2.05) is 6.07 Å². The van der Waals surface area contributed by atoms with Crippen LogP contribution in [0.5, 0.6) is 0 Å². The summed E-state index contributed by atoms with van der Waals surface area (Å²) < 4.78 is 26.6. The van der Waals surface area contributed by atoms with Crippen LogP contribution in [0.1, 0.15) is 24.0 Å². The molecule has 1 fully saturated rings. The lowest BCUT2D eigenvalue weighted by atomic mass is 10.1. The summed E-state index contributed by atoms with van der Waals surface area (Å²) in [5, 5.41) is 9.63. The number of rotatable bonds is 3. The van der Waals surface area contributed by atoms with E-state index in [0.717, 1.165) is 5.56 Å². The Morgan fingerprint density at radius 3 is 2.84 bits per heavy atom. The Labute approximate surface area is 114 Å². The smallest absolute Gasteiger partial charge is 0.243 e. The van der Waals surface area contributed by atoms with Gasteiger partial charge in [0, 0.05) is 19.6 Å². The zero-order chi connectivity index (χ0) is 14.0. The molecule has 3 N–H and O–H groups in total. The van der Waals surface area contributed by atoms with Crippen molar-refractivity contribution in [2.24, 2.45) is 5.73 Å². The van der Waals surface area contributed by atoms with Crippen molar-refractivity contribution < 1.29 is 13.5 Å². The van der Waals surface area contributed by atoms with Crippen LogP contribution in [-0.2, 0) is 16.6 Å². The highest BCUT2D eigenvalue weighted by Gasteiger charge is 2.30. The number of hydrogen-bond acceptors (Lipinski definition) is 4. The molecule has 0 radical (unpaired) electrons. The third kappa shape index (κ3) is 2.97. The van der Waals surface area contributed by atoms with Gasteiger partial charge in [-0.2, -0.15) is 4.31 Å². The Bertz CT molecular complexity index is 557. The average Bonchev–Trinajstić information content (AvgIpc) is 2.39. The Morgan fingerprint density at radius 2 is 2.21 bits per heavy atom. The first-order chi connectivity index (χ1) is 8.95. The van der Waals surface area contributed by atoms with Crippen molar-refractivity contribution in [3.63, 3.8) is 0 Å². The summed E-state index contributed by atoms with van der Waals surface area (Å²) in [4.78, 5) is 0.296. The predicted molar refractivity (Wildman–Crippen MR) is 73.1 cm³/mol. The van der Waals surface area contributed by atoms with Crippen LogP contribution in [0.4, 0.5) is 0 Å². The van der Waals surface area contributed by atoms with E-state index < -0.39 is 16.1 Å². The summed E-state index contributed by atoms with van der Waals surface area (Å²) in [5.41, 5.74) is 7.06. The molecule has 5 nitrogen and oxygen atoms in total. The highest BCUT2D eigenvalue weighted by atomic mass is 32.2.